The van der Waals surface area contributed by atoms with E-state index in [4.69, 9.17) is 11.6 Å². The number of aryl methyl sites for hydroxylation is 1. The van der Waals surface area contributed by atoms with Gasteiger partial charge < -0.3 is 10.4 Å². The Morgan fingerprint density at radius 2 is 2.19 bits per heavy atom. The third kappa shape index (κ3) is 2.28. The Labute approximate surface area is 103 Å². The molecule has 1 aromatic heterocycles. The summed E-state index contributed by atoms with van der Waals surface area (Å²) in [6.07, 6.45) is 0.772. The molecule has 16 heavy (non-hydrogen) atoms. The fourth-order valence-corrected chi connectivity index (χ4v) is 2.30. The Morgan fingerprint density at radius 3 is 2.81 bits per heavy atom. The zero-order valence-corrected chi connectivity index (χ0v) is 10.3. The van der Waals surface area contributed by atoms with Gasteiger partial charge in [-0.3, -0.25) is 0 Å². The minimum atomic E-state index is 0.0991. The summed E-state index contributed by atoms with van der Waals surface area (Å²) in [6.45, 7) is 1.98. The molecule has 0 saturated heterocycles. The number of para-hydroxylation sites is 1. The number of nitrogens with one attached hydrogen (secondary N) is 1. The largest absolute Gasteiger partial charge is 0.492 e. The molecular formula is C11H11ClN2OS. The number of aromatic nitrogens is 1. The Balaban J connectivity index is 2.24. The van der Waals surface area contributed by atoms with Gasteiger partial charge in [0.25, 0.3) is 0 Å². The lowest BCUT2D eigenvalue weighted by molar-refractivity contribution is 0.452. The van der Waals surface area contributed by atoms with Gasteiger partial charge in [0.15, 0.2) is 5.13 Å². The lowest BCUT2D eigenvalue weighted by Crippen LogP contribution is -1.89. The maximum Gasteiger partial charge on any atom is 0.227 e. The van der Waals surface area contributed by atoms with Gasteiger partial charge >= 0.3 is 0 Å². The maximum atomic E-state index is 9.50. The number of thiazole rings is 1. The fraction of sp³-hybridized carbons (Fsp3) is 0.182. The van der Waals surface area contributed by atoms with Crippen LogP contribution in [-0.4, -0.2) is 10.1 Å². The maximum absolute atomic E-state index is 9.50. The molecule has 0 aliphatic carbocycles. The van der Waals surface area contributed by atoms with E-state index >= 15 is 0 Å². The first kappa shape index (κ1) is 11.2. The van der Waals surface area contributed by atoms with Crippen molar-refractivity contribution in [3.8, 4) is 5.88 Å². The highest BCUT2D eigenvalue weighted by molar-refractivity contribution is 7.15. The number of benzene rings is 1. The normalized spacial score (nSPS) is 10.4. The highest BCUT2D eigenvalue weighted by Gasteiger charge is 2.09. The van der Waals surface area contributed by atoms with Crippen LogP contribution in [0.15, 0.2) is 24.3 Å². The topological polar surface area (TPSA) is 45.2 Å². The van der Waals surface area contributed by atoms with Gasteiger partial charge in [0, 0.05) is 0 Å². The van der Waals surface area contributed by atoms with Crippen molar-refractivity contribution in [2.75, 3.05) is 5.32 Å². The van der Waals surface area contributed by atoms with E-state index in [1.807, 2.05) is 25.1 Å². The second-order valence-corrected chi connectivity index (χ2v) is 4.72. The predicted molar refractivity (Wildman–Crippen MR) is 67.9 cm³/mol. The number of aromatic hydroxyl groups is 1. The van der Waals surface area contributed by atoms with Crippen LogP contribution in [-0.2, 0) is 6.42 Å². The van der Waals surface area contributed by atoms with Gasteiger partial charge in [0.05, 0.1) is 15.6 Å². The molecule has 84 valence electrons. The van der Waals surface area contributed by atoms with Gasteiger partial charge in [-0.15, -0.1) is 0 Å². The summed E-state index contributed by atoms with van der Waals surface area (Å²) in [4.78, 5) is 4.89. The van der Waals surface area contributed by atoms with Crippen molar-refractivity contribution in [3.63, 3.8) is 0 Å². The van der Waals surface area contributed by atoms with Gasteiger partial charge in [-0.25, -0.2) is 0 Å². The quantitative estimate of drug-likeness (QED) is 0.876. The molecule has 0 radical (unpaired) electrons. The Hall–Kier alpha value is -1.26. The van der Waals surface area contributed by atoms with Crippen LogP contribution in [0.3, 0.4) is 0 Å². The third-order valence-electron chi connectivity index (χ3n) is 2.11. The summed E-state index contributed by atoms with van der Waals surface area (Å²) in [5, 5.41) is 13.9. The minimum Gasteiger partial charge on any atom is -0.492 e. The van der Waals surface area contributed by atoms with Gasteiger partial charge in [0.1, 0.15) is 0 Å². The standard InChI is InChI=1S/C11H11ClN2OS/c1-2-9-10(15)14-11(16-9)13-8-6-4-3-5-7(8)12/h3-6,15H,2H2,1H3,(H,13,14). The average Bonchev–Trinajstić information content (AvgIpc) is 2.62. The zero-order chi connectivity index (χ0) is 11.5. The minimum absolute atomic E-state index is 0.0991. The molecule has 0 aliphatic heterocycles. The molecule has 0 saturated carbocycles. The van der Waals surface area contributed by atoms with E-state index in [9.17, 15) is 5.11 Å². The molecule has 5 heteroatoms. The van der Waals surface area contributed by atoms with E-state index in [-0.39, 0.29) is 5.88 Å². The summed E-state index contributed by atoms with van der Waals surface area (Å²) < 4.78 is 0. The summed E-state index contributed by atoms with van der Waals surface area (Å²) in [6, 6.07) is 7.43. The van der Waals surface area contributed by atoms with Crippen molar-refractivity contribution in [1.82, 2.24) is 4.98 Å². The second-order valence-electron chi connectivity index (χ2n) is 3.22. The molecule has 0 amide bonds. The van der Waals surface area contributed by atoms with Crippen LogP contribution in [0.25, 0.3) is 0 Å². The lowest BCUT2D eigenvalue weighted by Gasteiger charge is -2.03. The van der Waals surface area contributed by atoms with Crippen molar-refractivity contribution in [2.24, 2.45) is 0 Å². The van der Waals surface area contributed by atoms with Crippen molar-refractivity contribution in [3.05, 3.63) is 34.2 Å². The van der Waals surface area contributed by atoms with Gasteiger partial charge in [0.2, 0.25) is 5.88 Å². The monoisotopic (exact) mass is 254 g/mol. The van der Waals surface area contributed by atoms with Crippen LogP contribution < -0.4 is 5.32 Å². The van der Waals surface area contributed by atoms with Gasteiger partial charge in [-0.2, -0.15) is 4.98 Å². The molecule has 0 aliphatic rings. The molecule has 0 unspecified atom stereocenters. The Bertz CT molecular complexity index is 498. The molecule has 0 atom stereocenters. The predicted octanol–water partition coefficient (Wildman–Crippen LogP) is 3.81. The van der Waals surface area contributed by atoms with Crippen LogP contribution in [0.2, 0.25) is 5.02 Å². The summed E-state index contributed by atoms with van der Waals surface area (Å²) in [7, 11) is 0. The molecule has 1 heterocycles. The third-order valence-corrected chi connectivity index (χ3v) is 3.55. The van der Waals surface area contributed by atoms with E-state index in [0.29, 0.717) is 10.2 Å². The van der Waals surface area contributed by atoms with Crippen LogP contribution in [0, 0.1) is 0 Å². The number of nitrogens with zero attached hydrogens (tertiary/aromatic N) is 1. The molecular weight excluding hydrogens is 244 g/mol. The van der Waals surface area contributed by atoms with E-state index in [1.165, 1.54) is 11.3 Å². The Morgan fingerprint density at radius 1 is 1.44 bits per heavy atom. The van der Waals surface area contributed by atoms with Crippen molar-refractivity contribution in [1.29, 1.82) is 0 Å². The number of hydrogen-bond acceptors (Lipinski definition) is 4. The van der Waals surface area contributed by atoms with E-state index in [2.05, 4.69) is 10.3 Å². The van der Waals surface area contributed by atoms with E-state index < -0.39 is 0 Å². The summed E-state index contributed by atoms with van der Waals surface area (Å²) >= 11 is 7.44. The average molecular weight is 255 g/mol. The van der Waals surface area contributed by atoms with Crippen LogP contribution in [0.5, 0.6) is 5.88 Å². The number of anilines is 2. The zero-order valence-electron chi connectivity index (χ0n) is 8.70. The number of hydrogen-bond donors (Lipinski definition) is 2. The summed E-state index contributed by atoms with van der Waals surface area (Å²) in [5.41, 5.74) is 0.792. The van der Waals surface area contributed by atoms with E-state index in [1.54, 1.807) is 6.07 Å². The molecule has 2 N–H and O–H groups in total. The van der Waals surface area contributed by atoms with Crippen LogP contribution in [0.1, 0.15) is 11.8 Å². The SMILES string of the molecule is CCc1sc(Nc2ccccc2Cl)nc1O. The van der Waals surface area contributed by atoms with Crippen LogP contribution >= 0.6 is 22.9 Å². The van der Waals surface area contributed by atoms with Crippen molar-refractivity contribution >= 4 is 33.8 Å². The van der Waals surface area contributed by atoms with Crippen molar-refractivity contribution < 1.29 is 5.11 Å². The molecule has 2 rings (SSSR count). The Kier molecular flexibility index (Phi) is 3.31. The molecule has 3 nitrogen and oxygen atoms in total. The smallest absolute Gasteiger partial charge is 0.227 e. The first-order valence-electron chi connectivity index (χ1n) is 4.91. The summed E-state index contributed by atoms with van der Waals surface area (Å²) in [5.74, 6) is 0.0991. The molecule has 0 fully saturated rings. The van der Waals surface area contributed by atoms with Crippen molar-refractivity contribution in [2.45, 2.75) is 13.3 Å². The first-order chi connectivity index (χ1) is 7.70. The lowest BCUT2D eigenvalue weighted by atomic mass is 10.3. The van der Waals surface area contributed by atoms with Gasteiger partial charge in [-0.1, -0.05) is 42.0 Å². The molecule has 0 spiro atoms. The van der Waals surface area contributed by atoms with E-state index in [0.717, 1.165) is 17.0 Å². The fourth-order valence-electron chi connectivity index (χ4n) is 1.31. The molecule has 1 aromatic carbocycles. The highest BCUT2D eigenvalue weighted by Crippen LogP contribution is 2.32. The van der Waals surface area contributed by atoms with Gasteiger partial charge in [-0.05, 0) is 18.6 Å². The number of rotatable bonds is 3. The second kappa shape index (κ2) is 4.72. The highest BCUT2D eigenvalue weighted by atomic mass is 35.5. The van der Waals surface area contributed by atoms with Crippen LogP contribution in [0.4, 0.5) is 10.8 Å². The number of halogens is 1. The molecule has 0 bridgehead atoms. The first-order valence-corrected chi connectivity index (χ1v) is 6.10. The molecule has 2 aromatic rings.